The van der Waals surface area contributed by atoms with Gasteiger partial charge < -0.3 is 0 Å². The lowest BCUT2D eigenvalue weighted by molar-refractivity contribution is 1.32. The van der Waals surface area contributed by atoms with Crippen LogP contribution >= 0.6 is 10.9 Å². The van der Waals surface area contributed by atoms with E-state index in [4.69, 9.17) is 5.26 Å². The quantitative estimate of drug-likeness (QED) is 0.671. The second-order valence-electron chi connectivity index (χ2n) is 4.67. The maximum absolute atomic E-state index is 9.14. The van der Waals surface area contributed by atoms with E-state index in [2.05, 4.69) is 60.7 Å². The molecule has 0 atom stereocenters. The van der Waals surface area contributed by atoms with Crippen molar-refractivity contribution in [3.63, 3.8) is 0 Å². The number of hydrogen-bond donors (Lipinski definition) is 1. The molecule has 0 fully saturated rings. The van der Waals surface area contributed by atoms with Gasteiger partial charge in [-0.3, -0.25) is 0 Å². The van der Waals surface area contributed by atoms with Crippen molar-refractivity contribution in [2.75, 3.05) is 0 Å². The lowest BCUT2D eigenvalue weighted by atomic mass is 10.2. The summed E-state index contributed by atoms with van der Waals surface area (Å²) in [4.78, 5) is 3.81. The zero-order valence-electron chi connectivity index (χ0n) is 11.5. The van der Waals surface area contributed by atoms with E-state index in [-0.39, 0.29) is 0 Å². The van der Waals surface area contributed by atoms with E-state index < -0.39 is 10.9 Å². The average Bonchev–Trinajstić information content (AvgIpc) is 2.57. The highest BCUT2D eigenvalue weighted by atomic mass is 32.2. The maximum Gasteiger partial charge on any atom is 0.0991 e. The third-order valence-electron chi connectivity index (χ3n) is 3.26. The highest BCUT2D eigenvalue weighted by molar-refractivity contribution is 8.17. The van der Waals surface area contributed by atoms with Gasteiger partial charge >= 0.3 is 0 Å². The molecule has 0 saturated carbocycles. The Bertz CT molecular complexity index is 721. The molecule has 0 aliphatic heterocycles. The summed E-state index contributed by atoms with van der Waals surface area (Å²) < 4.78 is 0. The minimum atomic E-state index is -0.619. The van der Waals surface area contributed by atoms with Crippen LogP contribution in [0.1, 0.15) is 5.56 Å². The Balaban J connectivity index is 2.15. The molecule has 21 heavy (non-hydrogen) atoms. The van der Waals surface area contributed by atoms with Crippen LogP contribution in [0.3, 0.4) is 0 Å². The Kier molecular flexibility index (Phi) is 4.04. The van der Waals surface area contributed by atoms with E-state index in [0.29, 0.717) is 5.56 Å². The van der Waals surface area contributed by atoms with Gasteiger partial charge in [-0.05, 0) is 57.2 Å². The Morgan fingerprint density at radius 3 is 1.67 bits per heavy atom. The molecular weight excluding hydrogens is 274 g/mol. The number of rotatable bonds is 3. The fourth-order valence-corrected chi connectivity index (χ4v) is 4.65. The van der Waals surface area contributed by atoms with Gasteiger partial charge in [-0.15, -0.1) is 0 Å². The van der Waals surface area contributed by atoms with Crippen LogP contribution in [0.5, 0.6) is 0 Å². The van der Waals surface area contributed by atoms with Gasteiger partial charge in [0.2, 0.25) is 0 Å². The molecule has 0 amide bonds. The van der Waals surface area contributed by atoms with Crippen molar-refractivity contribution in [2.24, 2.45) is 0 Å². The van der Waals surface area contributed by atoms with Crippen LogP contribution in [0.15, 0.2) is 99.6 Å². The standard InChI is InChI=1S/C19H15NS/c20-15-16-8-7-13-19(14-16)21(17-9-3-1-4-10-17)18-11-5-2-6-12-18/h1-14,21H. The molecule has 0 heterocycles. The lowest BCUT2D eigenvalue weighted by Gasteiger charge is -2.23. The molecule has 2 heteroatoms. The minimum absolute atomic E-state index is 0.619. The normalized spacial score (nSPS) is 10.7. The first-order valence-corrected chi connectivity index (χ1v) is 8.13. The third kappa shape index (κ3) is 2.99. The Hall–Kier alpha value is -2.50. The highest BCUT2D eigenvalue weighted by Gasteiger charge is 2.12. The molecule has 3 aromatic carbocycles. The Morgan fingerprint density at radius 1 is 0.619 bits per heavy atom. The fourth-order valence-electron chi connectivity index (χ4n) is 2.32. The molecule has 0 aliphatic carbocycles. The van der Waals surface area contributed by atoms with Crippen molar-refractivity contribution < 1.29 is 0 Å². The number of benzene rings is 3. The van der Waals surface area contributed by atoms with Crippen LogP contribution in [-0.4, -0.2) is 0 Å². The number of nitrogens with zero attached hydrogens (tertiary/aromatic N) is 1. The summed E-state index contributed by atoms with van der Waals surface area (Å²) in [5.41, 5.74) is 0.715. The molecule has 0 bridgehead atoms. The Labute approximate surface area is 127 Å². The first-order chi connectivity index (χ1) is 10.4. The molecule has 0 spiro atoms. The molecule has 0 N–H and O–H groups in total. The van der Waals surface area contributed by atoms with Crippen LogP contribution in [0.25, 0.3) is 0 Å². The summed E-state index contributed by atoms with van der Waals surface area (Å²) in [5.74, 6) is 0. The van der Waals surface area contributed by atoms with Gasteiger partial charge in [0.15, 0.2) is 0 Å². The molecule has 3 rings (SSSR count). The van der Waals surface area contributed by atoms with E-state index in [9.17, 15) is 0 Å². The van der Waals surface area contributed by atoms with E-state index in [1.54, 1.807) is 0 Å². The van der Waals surface area contributed by atoms with Crippen LogP contribution in [0, 0.1) is 11.3 Å². The van der Waals surface area contributed by atoms with Crippen molar-refractivity contribution in [2.45, 2.75) is 14.7 Å². The molecule has 1 nitrogen and oxygen atoms in total. The molecule has 102 valence electrons. The molecule has 0 aliphatic rings. The predicted molar refractivity (Wildman–Crippen MR) is 87.8 cm³/mol. The van der Waals surface area contributed by atoms with Crippen LogP contribution < -0.4 is 0 Å². The van der Waals surface area contributed by atoms with E-state index in [0.717, 1.165) is 0 Å². The lowest BCUT2D eigenvalue weighted by Crippen LogP contribution is -1.88. The zero-order chi connectivity index (χ0) is 14.5. The molecular formula is C19H15NS. The predicted octanol–water partition coefficient (Wildman–Crippen LogP) is 5.04. The van der Waals surface area contributed by atoms with Crippen molar-refractivity contribution in [3.05, 3.63) is 90.5 Å². The van der Waals surface area contributed by atoms with Crippen molar-refractivity contribution in [3.8, 4) is 6.07 Å². The summed E-state index contributed by atoms with van der Waals surface area (Å²) in [6.45, 7) is 0. The first-order valence-electron chi connectivity index (χ1n) is 6.79. The fraction of sp³-hybridized carbons (Fsp3) is 0. The number of hydrogen-bond acceptors (Lipinski definition) is 1. The van der Waals surface area contributed by atoms with Crippen LogP contribution in [0.2, 0.25) is 0 Å². The summed E-state index contributed by atoms with van der Waals surface area (Å²) in [7, 11) is -0.619. The molecule has 0 aromatic heterocycles. The molecule has 0 saturated heterocycles. The second-order valence-corrected chi connectivity index (χ2v) is 6.89. The maximum atomic E-state index is 9.14. The largest absolute Gasteiger partial charge is 0.192 e. The molecule has 3 aromatic rings. The van der Waals surface area contributed by atoms with Gasteiger partial charge in [0.25, 0.3) is 0 Å². The van der Waals surface area contributed by atoms with Crippen molar-refractivity contribution >= 4 is 10.9 Å². The summed E-state index contributed by atoms with van der Waals surface area (Å²) in [6.07, 6.45) is 0. The van der Waals surface area contributed by atoms with Gasteiger partial charge in [-0.1, -0.05) is 42.5 Å². The monoisotopic (exact) mass is 289 g/mol. The molecule has 0 radical (unpaired) electrons. The summed E-state index contributed by atoms with van der Waals surface area (Å²) in [6, 6.07) is 31.2. The zero-order valence-corrected chi connectivity index (χ0v) is 12.4. The van der Waals surface area contributed by atoms with Gasteiger partial charge in [-0.2, -0.15) is 16.2 Å². The van der Waals surface area contributed by atoms with Gasteiger partial charge in [0, 0.05) is 0 Å². The van der Waals surface area contributed by atoms with E-state index >= 15 is 0 Å². The second kappa shape index (κ2) is 6.30. The van der Waals surface area contributed by atoms with E-state index in [1.165, 1.54) is 14.7 Å². The SMILES string of the molecule is N#Cc1cccc([SH](c2ccccc2)c2ccccc2)c1. The average molecular weight is 289 g/mol. The van der Waals surface area contributed by atoms with Crippen LogP contribution in [-0.2, 0) is 0 Å². The Morgan fingerprint density at radius 2 is 1.14 bits per heavy atom. The van der Waals surface area contributed by atoms with Gasteiger partial charge in [0.1, 0.15) is 0 Å². The van der Waals surface area contributed by atoms with E-state index in [1.807, 2.05) is 30.3 Å². The highest BCUT2D eigenvalue weighted by Crippen LogP contribution is 2.51. The number of thiol groups is 1. The number of nitriles is 1. The smallest absolute Gasteiger partial charge is 0.0991 e. The summed E-state index contributed by atoms with van der Waals surface area (Å²) >= 11 is 0. The topological polar surface area (TPSA) is 23.8 Å². The molecule has 0 unspecified atom stereocenters. The van der Waals surface area contributed by atoms with Gasteiger partial charge in [0.05, 0.1) is 11.6 Å². The first kappa shape index (κ1) is 13.5. The minimum Gasteiger partial charge on any atom is -0.192 e. The summed E-state index contributed by atoms with van der Waals surface area (Å²) in [5, 5.41) is 9.14. The van der Waals surface area contributed by atoms with Crippen LogP contribution in [0.4, 0.5) is 0 Å². The van der Waals surface area contributed by atoms with Crippen molar-refractivity contribution in [1.29, 1.82) is 5.26 Å². The van der Waals surface area contributed by atoms with Gasteiger partial charge in [-0.25, -0.2) is 0 Å². The van der Waals surface area contributed by atoms with Crippen molar-refractivity contribution in [1.82, 2.24) is 0 Å². The third-order valence-corrected chi connectivity index (χ3v) is 5.69.